The highest BCUT2D eigenvalue weighted by molar-refractivity contribution is 7.98. The normalized spacial score (nSPS) is 10.6. The molecule has 0 atom stereocenters. The van der Waals surface area contributed by atoms with Crippen molar-refractivity contribution in [3.8, 4) is 0 Å². The zero-order chi connectivity index (χ0) is 13.5. The molecule has 0 fully saturated rings. The third-order valence-electron chi connectivity index (χ3n) is 2.58. The van der Waals surface area contributed by atoms with Gasteiger partial charge in [-0.05, 0) is 42.2 Å². The van der Waals surface area contributed by atoms with Crippen LogP contribution in [0.4, 0.5) is 5.69 Å². The van der Waals surface area contributed by atoms with E-state index in [4.69, 9.17) is 0 Å². The summed E-state index contributed by atoms with van der Waals surface area (Å²) in [6.45, 7) is 0. The minimum atomic E-state index is -0.124. The van der Waals surface area contributed by atoms with Crippen LogP contribution in [0.5, 0.6) is 0 Å². The van der Waals surface area contributed by atoms with Gasteiger partial charge in [-0.2, -0.15) is 0 Å². The molecular weight excluding hydrogens is 254 g/mol. The number of thioether (sulfide) groups is 1. The summed E-state index contributed by atoms with van der Waals surface area (Å²) in [6.07, 6.45) is 5.36. The Morgan fingerprint density at radius 3 is 2.37 bits per heavy atom. The molecule has 96 valence electrons. The molecular formula is C16H15NOS. The molecule has 2 nitrogen and oxygen atoms in total. The summed E-state index contributed by atoms with van der Waals surface area (Å²) in [5.41, 5.74) is 1.82. The molecule has 2 aromatic rings. The van der Waals surface area contributed by atoms with Crippen molar-refractivity contribution in [3.05, 3.63) is 66.2 Å². The monoisotopic (exact) mass is 269 g/mol. The molecule has 2 rings (SSSR count). The second kappa shape index (κ2) is 6.81. The zero-order valence-electron chi connectivity index (χ0n) is 10.7. The van der Waals surface area contributed by atoms with E-state index in [0.717, 1.165) is 11.3 Å². The van der Waals surface area contributed by atoms with Crippen molar-refractivity contribution >= 4 is 29.4 Å². The highest BCUT2D eigenvalue weighted by atomic mass is 32.2. The summed E-state index contributed by atoms with van der Waals surface area (Å²) in [6, 6.07) is 17.5. The van der Waals surface area contributed by atoms with Crippen molar-refractivity contribution in [1.29, 1.82) is 0 Å². The molecule has 2 aromatic carbocycles. The topological polar surface area (TPSA) is 29.1 Å². The smallest absolute Gasteiger partial charge is 0.248 e. The SMILES string of the molecule is CSc1ccc(NC(=O)/C=C/c2ccccc2)cc1. The summed E-state index contributed by atoms with van der Waals surface area (Å²) in [5, 5.41) is 2.83. The predicted octanol–water partition coefficient (Wildman–Crippen LogP) is 4.06. The summed E-state index contributed by atoms with van der Waals surface area (Å²) < 4.78 is 0. The average molecular weight is 269 g/mol. The van der Waals surface area contributed by atoms with E-state index >= 15 is 0 Å². The lowest BCUT2D eigenvalue weighted by molar-refractivity contribution is -0.111. The number of hydrogen-bond acceptors (Lipinski definition) is 2. The molecule has 0 bridgehead atoms. The molecule has 0 aliphatic carbocycles. The molecule has 0 saturated carbocycles. The molecule has 0 aliphatic rings. The fraction of sp³-hybridized carbons (Fsp3) is 0.0625. The standard InChI is InChI=1S/C16H15NOS/c1-19-15-10-8-14(9-11-15)17-16(18)12-7-13-5-3-2-4-6-13/h2-12H,1H3,(H,17,18)/b12-7+. The minimum absolute atomic E-state index is 0.124. The van der Waals surface area contributed by atoms with Crippen LogP contribution < -0.4 is 5.32 Å². The number of rotatable bonds is 4. The number of amides is 1. The molecule has 0 aliphatic heterocycles. The van der Waals surface area contributed by atoms with Gasteiger partial charge in [0.15, 0.2) is 0 Å². The van der Waals surface area contributed by atoms with Gasteiger partial charge in [-0.25, -0.2) is 0 Å². The van der Waals surface area contributed by atoms with Crippen molar-refractivity contribution in [2.75, 3.05) is 11.6 Å². The number of anilines is 1. The second-order valence-electron chi connectivity index (χ2n) is 3.96. The summed E-state index contributed by atoms with van der Waals surface area (Å²) in [7, 11) is 0. The van der Waals surface area contributed by atoms with Gasteiger partial charge >= 0.3 is 0 Å². The maximum absolute atomic E-state index is 11.7. The van der Waals surface area contributed by atoms with Crippen LogP contribution in [0.15, 0.2) is 65.6 Å². The van der Waals surface area contributed by atoms with Crippen LogP contribution >= 0.6 is 11.8 Å². The van der Waals surface area contributed by atoms with E-state index < -0.39 is 0 Å². The van der Waals surface area contributed by atoms with Gasteiger partial charge in [0.05, 0.1) is 0 Å². The largest absolute Gasteiger partial charge is 0.323 e. The summed E-state index contributed by atoms with van der Waals surface area (Å²) in [4.78, 5) is 12.9. The Balaban J connectivity index is 1.95. The maximum Gasteiger partial charge on any atom is 0.248 e. The molecule has 3 heteroatoms. The lowest BCUT2D eigenvalue weighted by atomic mass is 10.2. The maximum atomic E-state index is 11.7. The first-order valence-corrected chi connectivity index (χ1v) is 7.18. The third kappa shape index (κ3) is 4.30. The quantitative estimate of drug-likeness (QED) is 0.670. The van der Waals surface area contributed by atoms with Gasteiger partial charge < -0.3 is 5.32 Å². The Labute approximate surface area is 117 Å². The van der Waals surface area contributed by atoms with Gasteiger partial charge in [0.2, 0.25) is 5.91 Å². The fourth-order valence-electron chi connectivity index (χ4n) is 1.59. The highest BCUT2D eigenvalue weighted by Crippen LogP contribution is 2.17. The highest BCUT2D eigenvalue weighted by Gasteiger charge is 1.97. The lowest BCUT2D eigenvalue weighted by Crippen LogP contribution is -2.07. The third-order valence-corrected chi connectivity index (χ3v) is 3.33. The van der Waals surface area contributed by atoms with E-state index in [9.17, 15) is 4.79 Å². The molecule has 1 amide bonds. The number of hydrogen-bond donors (Lipinski definition) is 1. The van der Waals surface area contributed by atoms with Crippen molar-refractivity contribution in [2.24, 2.45) is 0 Å². The first-order chi connectivity index (χ1) is 9.28. The van der Waals surface area contributed by atoms with Crippen LogP contribution in [0.2, 0.25) is 0 Å². The van der Waals surface area contributed by atoms with Gasteiger partial charge in [-0.3, -0.25) is 4.79 Å². The molecule has 0 heterocycles. The zero-order valence-corrected chi connectivity index (χ0v) is 11.5. The summed E-state index contributed by atoms with van der Waals surface area (Å²) >= 11 is 1.68. The second-order valence-corrected chi connectivity index (χ2v) is 4.84. The Morgan fingerprint density at radius 1 is 1.05 bits per heavy atom. The predicted molar refractivity (Wildman–Crippen MR) is 82.3 cm³/mol. The van der Waals surface area contributed by atoms with Crippen LogP contribution in [-0.4, -0.2) is 12.2 Å². The van der Waals surface area contributed by atoms with Crippen molar-refractivity contribution < 1.29 is 4.79 Å². The number of benzene rings is 2. The summed E-state index contributed by atoms with van der Waals surface area (Å²) in [5.74, 6) is -0.124. The Bertz CT molecular complexity index is 561. The van der Waals surface area contributed by atoms with Crippen molar-refractivity contribution in [1.82, 2.24) is 0 Å². The van der Waals surface area contributed by atoms with Crippen molar-refractivity contribution in [3.63, 3.8) is 0 Å². The minimum Gasteiger partial charge on any atom is -0.323 e. The molecule has 0 aromatic heterocycles. The lowest BCUT2D eigenvalue weighted by Gasteiger charge is -2.02. The molecule has 0 radical (unpaired) electrons. The van der Waals surface area contributed by atoms with Gasteiger partial charge in [0.1, 0.15) is 0 Å². The van der Waals surface area contributed by atoms with Gasteiger partial charge in [0, 0.05) is 16.7 Å². The Hall–Kier alpha value is -2.00. The van der Waals surface area contributed by atoms with E-state index in [0.29, 0.717) is 0 Å². The van der Waals surface area contributed by atoms with Gasteiger partial charge in [-0.1, -0.05) is 30.3 Å². The first-order valence-electron chi connectivity index (χ1n) is 5.96. The number of carbonyl (C=O) groups excluding carboxylic acids is 1. The van der Waals surface area contributed by atoms with Crippen LogP contribution in [0.1, 0.15) is 5.56 Å². The Kier molecular flexibility index (Phi) is 4.81. The van der Waals surface area contributed by atoms with Gasteiger partial charge in [0.25, 0.3) is 0 Å². The average Bonchev–Trinajstić information content (AvgIpc) is 2.47. The van der Waals surface area contributed by atoms with Crippen molar-refractivity contribution in [2.45, 2.75) is 4.90 Å². The molecule has 0 spiro atoms. The molecule has 19 heavy (non-hydrogen) atoms. The number of nitrogens with one attached hydrogen (secondary N) is 1. The molecule has 0 saturated heterocycles. The van der Waals surface area contributed by atoms with Crippen LogP contribution in [0, 0.1) is 0 Å². The van der Waals surface area contributed by atoms with Gasteiger partial charge in [-0.15, -0.1) is 11.8 Å². The van der Waals surface area contributed by atoms with Crippen LogP contribution in [-0.2, 0) is 4.79 Å². The first kappa shape index (κ1) is 13.4. The Morgan fingerprint density at radius 2 is 1.74 bits per heavy atom. The fourth-order valence-corrected chi connectivity index (χ4v) is 2.00. The van der Waals surface area contributed by atoms with Crippen LogP contribution in [0.25, 0.3) is 6.08 Å². The van der Waals surface area contributed by atoms with E-state index in [1.165, 1.54) is 11.0 Å². The van der Waals surface area contributed by atoms with E-state index in [-0.39, 0.29) is 5.91 Å². The van der Waals surface area contributed by atoms with Crippen LogP contribution in [0.3, 0.4) is 0 Å². The van der Waals surface area contributed by atoms with E-state index in [1.807, 2.05) is 60.9 Å². The number of carbonyl (C=O) groups is 1. The van der Waals surface area contributed by atoms with E-state index in [2.05, 4.69) is 5.32 Å². The van der Waals surface area contributed by atoms with E-state index in [1.54, 1.807) is 17.8 Å². The molecule has 1 N–H and O–H groups in total. The molecule has 0 unspecified atom stereocenters.